The fourth-order valence-corrected chi connectivity index (χ4v) is 3.39. The quantitative estimate of drug-likeness (QED) is 0.423. The molecule has 5 rings (SSSR count). The highest BCUT2D eigenvalue weighted by molar-refractivity contribution is 6.04. The monoisotopic (exact) mass is 465 g/mol. The SMILES string of the molecule is Cc1cc(NC(=O)c2ccc(F)cc2F)n(-c2nc3c(cnn3-c3ccc(F)cc3)c(=O)[nH]2)n1. The zero-order valence-corrected chi connectivity index (χ0v) is 17.4. The molecule has 2 N–H and O–H groups in total. The van der Waals surface area contributed by atoms with Crippen LogP contribution in [0.3, 0.4) is 0 Å². The standard InChI is InChI=1S/C22H14F3N7O2/c1-11-8-18(27-20(33)15-7-4-13(24)9-17(15)25)32(30-11)22-28-19-16(21(34)29-22)10-26-31(19)14-5-2-12(23)3-6-14/h2-10H,1H3,(H,27,33)(H,28,29,34). The molecule has 1 amide bonds. The van der Waals surface area contributed by atoms with Crippen LogP contribution < -0.4 is 10.9 Å². The van der Waals surface area contributed by atoms with Crippen LogP contribution in [0.1, 0.15) is 16.1 Å². The normalized spacial score (nSPS) is 11.2. The van der Waals surface area contributed by atoms with E-state index >= 15 is 0 Å². The third-order valence-corrected chi connectivity index (χ3v) is 4.95. The summed E-state index contributed by atoms with van der Waals surface area (Å²) in [6, 6.07) is 9.51. The molecule has 3 aromatic heterocycles. The minimum absolute atomic E-state index is 0.0515. The molecule has 170 valence electrons. The van der Waals surface area contributed by atoms with E-state index in [-0.39, 0.29) is 28.4 Å². The van der Waals surface area contributed by atoms with Gasteiger partial charge in [-0.2, -0.15) is 19.9 Å². The molecule has 0 unspecified atom stereocenters. The fourth-order valence-electron chi connectivity index (χ4n) is 3.39. The molecule has 0 saturated heterocycles. The first-order chi connectivity index (χ1) is 16.3. The van der Waals surface area contributed by atoms with Gasteiger partial charge in [0.05, 0.1) is 23.1 Å². The average Bonchev–Trinajstić information content (AvgIpc) is 3.38. The summed E-state index contributed by atoms with van der Waals surface area (Å²) in [6.45, 7) is 1.64. The van der Waals surface area contributed by atoms with E-state index in [0.717, 1.165) is 16.8 Å². The van der Waals surface area contributed by atoms with Crippen molar-refractivity contribution < 1.29 is 18.0 Å². The number of aromatic amines is 1. The van der Waals surface area contributed by atoms with Gasteiger partial charge in [-0.05, 0) is 43.3 Å². The van der Waals surface area contributed by atoms with E-state index in [9.17, 15) is 22.8 Å². The predicted octanol–water partition coefficient (Wildman–Crippen LogP) is 3.27. The van der Waals surface area contributed by atoms with E-state index < -0.39 is 28.9 Å². The van der Waals surface area contributed by atoms with E-state index in [4.69, 9.17) is 0 Å². The number of aromatic nitrogens is 6. The van der Waals surface area contributed by atoms with Crippen LogP contribution in [0.5, 0.6) is 0 Å². The maximum Gasteiger partial charge on any atom is 0.263 e. The second kappa shape index (κ2) is 7.99. The molecule has 9 nitrogen and oxygen atoms in total. The maximum atomic E-state index is 14.0. The van der Waals surface area contributed by atoms with Gasteiger partial charge >= 0.3 is 0 Å². The van der Waals surface area contributed by atoms with Crippen LogP contribution in [-0.2, 0) is 0 Å². The van der Waals surface area contributed by atoms with E-state index in [2.05, 4.69) is 25.5 Å². The third-order valence-electron chi connectivity index (χ3n) is 4.95. The lowest BCUT2D eigenvalue weighted by Gasteiger charge is -2.09. The van der Waals surface area contributed by atoms with Crippen molar-refractivity contribution in [1.82, 2.24) is 29.5 Å². The number of fused-ring (bicyclic) bond motifs is 1. The van der Waals surface area contributed by atoms with E-state index in [1.54, 1.807) is 6.92 Å². The Morgan fingerprint density at radius 1 is 1.00 bits per heavy atom. The van der Waals surface area contributed by atoms with Crippen molar-refractivity contribution in [2.45, 2.75) is 6.92 Å². The molecule has 3 heterocycles. The number of nitrogens with one attached hydrogen (secondary N) is 2. The number of rotatable bonds is 4. The van der Waals surface area contributed by atoms with Gasteiger partial charge in [0.25, 0.3) is 11.5 Å². The number of benzene rings is 2. The van der Waals surface area contributed by atoms with Crippen LogP contribution >= 0.6 is 0 Å². The summed E-state index contributed by atoms with van der Waals surface area (Å²) in [5.74, 6) is -3.10. The fraction of sp³-hybridized carbons (Fsp3) is 0.0455. The number of hydrogen-bond donors (Lipinski definition) is 2. The molecule has 0 aliphatic carbocycles. The maximum absolute atomic E-state index is 14.0. The summed E-state index contributed by atoms with van der Waals surface area (Å²) in [4.78, 5) is 32.3. The highest BCUT2D eigenvalue weighted by Crippen LogP contribution is 2.19. The molecule has 0 fully saturated rings. The topological polar surface area (TPSA) is 110 Å². The van der Waals surface area contributed by atoms with Crippen LogP contribution in [0.4, 0.5) is 19.0 Å². The van der Waals surface area contributed by atoms with Gasteiger partial charge in [-0.1, -0.05) is 0 Å². The van der Waals surface area contributed by atoms with Crippen molar-refractivity contribution in [2.24, 2.45) is 0 Å². The van der Waals surface area contributed by atoms with Crippen molar-refractivity contribution in [3.63, 3.8) is 0 Å². The van der Waals surface area contributed by atoms with Crippen molar-refractivity contribution >= 4 is 22.8 Å². The van der Waals surface area contributed by atoms with E-state index in [1.165, 1.54) is 41.2 Å². The number of H-pyrrole nitrogens is 1. The lowest BCUT2D eigenvalue weighted by atomic mass is 10.2. The first kappa shape index (κ1) is 21.1. The summed E-state index contributed by atoms with van der Waals surface area (Å²) >= 11 is 0. The van der Waals surface area contributed by atoms with Gasteiger partial charge < -0.3 is 5.32 Å². The zero-order chi connectivity index (χ0) is 24.0. The Morgan fingerprint density at radius 3 is 2.47 bits per heavy atom. The molecule has 34 heavy (non-hydrogen) atoms. The van der Waals surface area contributed by atoms with Crippen molar-refractivity contribution in [1.29, 1.82) is 0 Å². The smallest absolute Gasteiger partial charge is 0.263 e. The van der Waals surface area contributed by atoms with Gasteiger partial charge in [0, 0.05) is 12.1 Å². The van der Waals surface area contributed by atoms with Crippen LogP contribution in [-0.4, -0.2) is 35.4 Å². The first-order valence-corrected chi connectivity index (χ1v) is 9.87. The molecule has 0 saturated carbocycles. The van der Waals surface area contributed by atoms with Crippen LogP contribution in [0.2, 0.25) is 0 Å². The largest absolute Gasteiger partial charge is 0.306 e. The second-order valence-corrected chi connectivity index (χ2v) is 7.32. The highest BCUT2D eigenvalue weighted by atomic mass is 19.1. The highest BCUT2D eigenvalue weighted by Gasteiger charge is 2.19. The number of hydrogen-bond acceptors (Lipinski definition) is 5. The second-order valence-electron chi connectivity index (χ2n) is 7.32. The van der Waals surface area contributed by atoms with Crippen molar-refractivity contribution in [3.05, 3.63) is 93.8 Å². The number of halogens is 3. The molecule has 0 spiro atoms. The number of nitrogens with zero attached hydrogens (tertiary/aromatic N) is 5. The summed E-state index contributed by atoms with van der Waals surface area (Å²) in [5.41, 5.74) is 0.198. The Morgan fingerprint density at radius 2 is 1.74 bits per heavy atom. The Balaban J connectivity index is 1.58. The number of carbonyl (C=O) groups is 1. The first-order valence-electron chi connectivity index (χ1n) is 9.87. The minimum atomic E-state index is -1.03. The van der Waals surface area contributed by atoms with Gasteiger partial charge in [0.2, 0.25) is 5.95 Å². The molecular formula is C22H14F3N7O2. The van der Waals surface area contributed by atoms with Crippen LogP contribution in [0.15, 0.2) is 59.5 Å². The van der Waals surface area contributed by atoms with Crippen LogP contribution in [0, 0.1) is 24.4 Å². The number of aryl methyl sites for hydroxylation is 1. The zero-order valence-electron chi connectivity index (χ0n) is 17.4. The molecule has 2 aromatic carbocycles. The number of carbonyl (C=O) groups excluding carboxylic acids is 1. The molecule has 5 aromatic rings. The van der Waals surface area contributed by atoms with Crippen molar-refractivity contribution in [3.8, 4) is 11.6 Å². The van der Waals surface area contributed by atoms with E-state index in [0.29, 0.717) is 17.4 Å². The average molecular weight is 465 g/mol. The third kappa shape index (κ3) is 3.70. The molecule has 0 radical (unpaired) electrons. The molecule has 0 aliphatic rings. The van der Waals surface area contributed by atoms with Gasteiger partial charge in [-0.3, -0.25) is 14.6 Å². The lowest BCUT2D eigenvalue weighted by molar-refractivity contribution is 0.102. The molecule has 12 heteroatoms. The Kier molecular flexibility index (Phi) is 4.97. The van der Waals surface area contributed by atoms with Gasteiger partial charge in [0.1, 0.15) is 28.7 Å². The van der Waals surface area contributed by atoms with E-state index in [1.807, 2.05) is 0 Å². The Labute approximate surface area is 188 Å². The minimum Gasteiger partial charge on any atom is -0.306 e. The van der Waals surface area contributed by atoms with Gasteiger partial charge in [0.15, 0.2) is 5.65 Å². The lowest BCUT2D eigenvalue weighted by Crippen LogP contribution is -2.19. The summed E-state index contributed by atoms with van der Waals surface area (Å²) < 4.78 is 43.1. The number of anilines is 1. The molecular weight excluding hydrogens is 451 g/mol. The molecule has 0 bridgehead atoms. The molecule has 0 atom stereocenters. The van der Waals surface area contributed by atoms with Gasteiger partial charge in [-0.25, -0.2) is 17.9 Å². The molecule has 0 aliphatic heterocycles. The predicted molar refractivity (Wildman–Crippen MR) is 116 cm³/mol. The van der Waals surface area contributed by atoms with Crippen LogP contribution in [0.25, 0.3) is 22.7 Å². The Bertz CT molecular complexity index is 1620. The summed E-state index contributed by atoms with van der Waals surface area (Å²) in [6.07, 6.45) is 1.32. The summed E-state index contributed by atoms with van der Waals surface area (Å²) in [7, 11) is 0. The number of amides is 1. The van der Waals surface area contributed by atoms with Gasteiger partial charge in [-0.15, -0.1) is 0 Å². The Hall–Kier alpha value is -4.74. The van der Waals surface area contributed by atoms with Crippen molar-refractivity contribution in [2.75, 3.05) is 5.32 Å². The summed E-state index contributed by atoms with van der Waals surface area (Å²) in [5, 5.41) is 11.1.